The molecular formula is C18H20N2O4. The van der Waals surface area contributed by atoms with Crippen molar-refractivity contribution in [2.75, 3.05) is 19.7 Å². The minimum atomic E-state index is -0.144. The molecule has 6 nitrogen and oxygen atoms in total. The zero-order valence-electron chi connectivity index (χ0n) is 13.3. The topological polar surface area (TPSA) is 71.8 Å². The number of furan rings is 1. The number of para-hydroxylation sites is 1. The van der Waals surface area contributed by atoms with E-state index in [1.807, 2.05) is 30.3 Å². The molecular weight excluding hydrogens is 308 g/mol. The lowest BCUT2D eigenvalue weighted by molar-refractivity contribution is -0.124. The molecule has 1 fully saturated rings. The molecule has 1 N–H and O–H groups in total. The molecule has 0 radical (unpaired) electrons. The first-order chi connectivity index (χ1) is 11.7. The van der Waals surface area contributed by atoms with E-state index in [2.05, 4.69) is 5.32 Å². The quantitative estimate of drug-likeness (QED) is 0.912. The number of hydrogen-bond donors (Lipinski definition) is 1. The molecule has 0 unspecified atom stereocenters. The second kappa shape index (κ2) is 7.68. The van der Waals surface area contributed by atoms with Crippen molar-refractivity contribution in [1.82, 2.24) is 10.2 Å². The van der Waals surface area contributed by atoms with Crippen molar-refractivity contribution < 1.29 is 18.7 Å². The van der Waals surface area contributed by atoms with Gasteiger partial charge in [-0.3, -0.25) is 9.59 Å². The molecule has 1 saturated heterocycles. The fourth-order valence-corrected chi connectivity index (χ4v) is 2.72. The summed E-state index contributed by atoms with van der Waals surface area (Å²) in [5.41, 5.74) is 0. The van der Waals surface area contributed by atoms with E-state index in [0.717, 1.165) is 12.8 Å². The summed E-state index contributed by atoms with van der Waals surface area (Å²) in [5.74, 6) is 0.784. The second-order valence-corrected chi connectivity index (χ2v) is 5.71. The molecule has 24 heavy (non-hydrogen) atoms. The highest BCUT2D eigenvalue weighted by Gasteiger charge is 2.25. The van der Waals surface area contributed by atoms with Gasteiger partial charge < -0.3 is 19.4 Å². The number of nitrogens with zero attached hydrogens (tertiary/aromatic N) is 1. The highest BCUT2D eigenvalue weighted by Crippen LogP contribution is 2.14. The third-order valence-corrected chi connectivity index (χ3v) is 3.99. The largest absolute Gasteiger partial charge is 0.484 e. The highest BCUT2D eigenvalue weighted by molar-refractivity contribution is 5.91. The lowest BCUT2D eigenvalue weighted by atomic mass is 10.0. The van der Waals surface area contributed by atoms with Crippen LogP contribution in [-0.2, 0) is 4.79 Å². The van der Waals surface area contributed by atoms with Gasteiger partial charge >= 0.3 is 0 Å². The maximum absolute atomic E-state index is 12.2. The fourth-order valence-electron chi connectivity index (χ4n) is 2.72. The van der Waals surface area contributed by atoms with Crippen LogP contribution >= 0.6 is 0 Å². The van der Waals surface area contributed by atoms with Gasteiger partial charge in [0.2, 0.25) is 0 Å². The Kier molecular flexibility index (Phi) is 5.15. The molecule has 2 amide bonds. The number of piperidine rings is 1. The maximum atomic E-state index is 12.2. The van der Waals surface area contributed by atoms with Crippen molar-refractivity contribution in [2.45, 2.75) is 18.9 Å². The number of rotatable bonds is 5. The van der Waals surface area contributed by atoms with Crippen molar-refractivity contribution in [1.29, 1.82) is 0 Å². The van der Waals surface area contributed by atoms with Gasteiger partial charge in [0.25, 0.3) is 11.8 Å². The number of likely N-dealkylation sites (tertiary alicyclic amines) is 1. The monoisotopic (exact) mass is 328 g/mol. The van der Waals surface area contributed by atoms with Crippen LogP contribution in [0.3, 0.4) is 0 Å². The highest BCUT2D eigenvalue weighted by atomic mass is 16.5. The first-order valence-electron chi connectivity index (χ1n) is 8.02. The van der Waals surface area contributed by atoms with Crippen LogP contribution in [0.1, 0.15) is 23.4 Å². The lowest BCUT2D eigenvalue weighted by Gasteiger charge is -2.31. The van der Waals surface area contributed by atoms with E-state index in [1.54, 1.807) is 17.0 Å². The fraction of sp³-hybridized carbons (Fsp3) is 0.333. The lowest BCUT2D eigenvalue weighted by Crippen LogP contribution is -2.47. The third-order valence-electron chi connectivity index (χ3n) is 3.99. The molecule has 126 valence electrons. The van der Waals surface area contributed by atoms with Gasteiger partial charge in [0.05, 0.1) is 6.26 Å². The minimum Gasteiger partial charge on any atom is -0.484 e. The van der Waals surface area contributed by atoms with Crippen LogP contribution in [0.4, 0.5) is 0 Å². The molecule has 6 heteroatoms. The molecule has 3 rings (SSSR count). The number of carbonyl (C=O) groups excluding carboxylic acids is 2. The molecule has 0 aliphatic carbocycles. The van der Waals surface area contributed by atoms with E-state index < -0.39 is 0 Å². The van der Waals surface area contributed by atoms with Crippen LogP contribution in [0.5, 0.6) is 5.75 Å². The molecule has 1 aromatic carbocycles. The van der Waals surface area contributed by atoms with Gasteiger partial charge in [-0.15, -0.1) is 0 Å². The molecule has 2 aromatic rings. The Labute approximate surface area is 140 Å². The summed E-state index contributed by atoms with van der Waals surface area (Å²) in [6, 6.07) is 12.7. The Morgan fingerprint density at radius 2 is 1.88 bits per heavy atom. The summed E-state index contributed by atoms with van der Waals surface area (Å²) < 4.78 is 10.6. The maximum Gasteiger partial charge on any atom is 0.289 e. The Hall–Kier alpha value is -2.76. The van der Waals surface area contributed by atoms with Crippen LogP contribution in [0.2, 0.25) is 0 Å². The Bertz CT molecular complexity index is 662. The summed E-state index contributed by atoms with van der Waals surface area (Å²) in [5, 5.41) is 2.96. The summed E-state index contributed by atoms with van der Waals surface area (Å²) in [7, 11) is 0. The number of benzene rings is 1. The number of nitrogens with one attached hydrogen (secondary N) is 1. The first kappa shape index (κ1) is 16.1. The Morgan fingerprint density at radius 1 is 1.12 bits per heavy atom. The molecule has 0 saturated carbocycles. The zero-order valence-corrected chi connectivity index (χ0v) is 13.3. The van der Waals surface area contributed by atoms with Crippen LogP contribution in [0.25, 0.3) is 0 Å². The summed E-state index contributed by atoms with van der Waals surface area (Å²) >= 11 is 0. The molecule has 0 bridgehead atoms. The van der Waals surface area contributed by atoms with Crippen molar-refractivity contribution in [3.05, 3.63) is 54.5 Å². The molecule has 1 aliphatic heterocycles. The average molecular weight is 328 g/mol. The van der Waals surface area contributed by atoms with E-state index in [9.17, 15) is 9.59 Å². The molecule has 0 spiro atoms. The van der Waals surface area contributed by atoms with Crippen molar-refractivity contribution in [3.63, 3.8) is 0 Å². The van der Waals surface area contributed by atoms with Gasteiger partial charge in [0.1, 0.15) is 5.75 Å². The SMILES string of the molecule is O=C(COc1ccccc1)NC1CCN(C(=O)c2ccco2)CC1. The van der Waals surface area contributed by atoms with Gasteiger partial charge in [0, 0.05) is 19.1 Å². The Morgan fingerprint density at radius 3 is 2.54 bits per heavy atom. The standard InChI is InChI=1S/C18H20N2O4/c21-17(13-24-15-5-2-1-3-6-15)19-14-8-10-20(11-9-14)18(22)16-7-4-12-23-16/h1-7,12,14H,8-11,13H2,(H,19,21). The van der Waals surface area contributed by atoms with Crippen LogP contribution in [0, 0.1) is 0 Å². The van der Waals surface area contributed by atoms with Crippen molar-refractivity contribution in [3.8, 4) is 5.75 Å². The van der Waals surface area contributed by atoms with E-state index in [1.165, 1.54) is 6.26 Å². The normalized spacial score (nSPS) is 15.1. The van der Waals surface area contributed by atoms with Gasteiger partial charge in [-0.2, -0.15) is 0 Å². The third kappa shape index (κ3) is 4.16. The zero-order chi connectivity index (χ0) is 16.8. The van der Waals surface area contributed by atoms with Gasteiger partial charge in [-0.1, -0.05) is 18.2 Å². The molecule has 1 aromatic heterocycles. The summed E-state index contributed by atoms with van der Waals surface area (Å²) in [6.07, 6.45) is 2.94. The molecule has 0 atom stereocenters. The van der Waals surface area contributed by atoms with Crippen LogP contribution < -0.4 is 10.1 Å². The number of amides is 2. The minimum absolute atomic E-state index is 0.00441. The van der Waals surface area contributed by atoms with E-state index in [0.29, 0.717) is 24.6 Å². The Balaban J connectivity index is 1.40. The van der Waals surface area contributed by atoms with E-state index in [4.69, 9.17) is 9.15 Å². The van der Waals surface area contributed by atoms with Crippen molar-refractivity contribution in [2.24, 2.45) is 0 Å². The molecule has 1 aliphatic rings. The molecule has 2 heterocycles. The second-order valence-electron chi connectivity index (χ2n) is 5.71. The van der Waals surface area contributed by atoms with Crippen LogP contribution in [-0.4, -0.2) is 42.5 Å². The smallest absolute Gasteiger partial charge is 0.289 e. The summed E-state index contributed by atoms with van der Waals surface area (Å²) in [6.45, 7) is 1.20. The van der Waals surface area contributed by atoms with E-state index in [-0.39, 0.29) is 24.5 Å². The van der Waals surface area contributed by atoms with Crippen molar-refractivity contribution >= 4 is 11.8 Å². The number of carbonyl (C=O) groups is 2. The van der Waals surface area contributed by atoms with Gasteiger partial charge in [-0.25, -0.2) is 0 Å². The summed E-state index contributed by atoms with van der Waals surface area (Å²) in [4.78, 5) is 25.9. The predicted molar refractivity (Wildman–Crippen MR) is 87.7 cm³/mol. The van der Waals surface area contributed by atoms with Crippen LogP contribution in [0.15, 0.2) is 53.1 Å². The predicted octanol–water partition coefficient (Wildman–Crippen LogP) is 2.08. The van der Waals surface area contributed by atoms with Gasteiger partial charge in [-0.05, 0) is 37.1 Å². The number of hydrogen-bond acceptors (Lipinski definition) is 4. The number of ether oxygens (including phenoxy) is 1. The average Bonchev–Trinajstić information content (AvgIpc) is 3.16. The van der Waals surface area contributed by atoms with E-state index >= 15 is 0 Å². The van der Waals surface area contributed by atoms with Gasteiger partial charge in [0.15, 0.2) is 12.4 Å². The first-order valence-corrected chi connectivity index (χ1v) is 8.02.